The van der Waals surface area contributed by atoms with Crippen molar-refractivity contribution >= 4 is 12.2 Å². The molecular formula is C6H8N2O4. The largest absolute Gasteiger partial charge is 0.411 e. The molecule has 0 saturated heterocycles. The Hall–Kier alpha value is -1.72. The Morgan fingerprint density at radius 3 is 1.50 bits per heavy atom. The fraction of sp³-hybridized carbons (Fsp3) is 0.333. The summed E-state index contributed by atoms with van der Waals surface area (Å²) in [6, 6.07) is 0. The molecule has 0 aromatic rings. The molecule has 0 spiro atoms. The van der Waals surface area contributed by atoms with E-state index in [1.54, 1.807) is 0 Å². The maximum Gasteiger partial charge on any atom is 0.409 e. The number of allylic oxidation sites excluding steroid dienone is 2. The second kappa shape index (κ2) is 3.12. The van der Waals surface area contributed by atoms with E-state index in [2.05, 4.69) is 9.47 Å². The van der Waals surface area contributed by atoms with E-state index in [0.717, 1.165) is 0 Å². The van der Waals surface area contributed by atoms with Gasteiger partial charge in [0.2, 0.25) is 0 Å². The van der Waals surface area contributed by atoms with Gasteiger partial charge < -0.3 is 20.9 Å². The summed E-state index contributed by atoms with van der Waals surface area (Å²) in [4.78, 5) is 20.5. The van der Waals surface area contributed by atoms with Crippen LogP contribution in [-0.4, -0.2) is 12.2 Å². The Bertz CT molecular complexity index is 232. The van der Waals surface area contributed by atoms with Gasteiger partial charge in [0.25, 0.3) is 0 Å². The molecule has 0 bridgehead atoms. The minimum absolute atomic E-state index is 0.279. The third-order valence-electron chi connectivity index (χ3n) is 1.34. The second-order valence-corrected chi connectivity index (χ2v) is 2.19. The lowest BCUT2D eigenvalue weighted by molar-refractivity contribution is 0.143. The van der Waals surface area contributed by atoms with Crippen molar-refractivity contribution in [3.05, 3.63) is 11.5 Å². The molecule has 0 radical (unpaired) electrons. The molecule has 0 saturated carbocycles. The van der Waals surface area contributed by atoms with Gasteiger partial charge >= 0.3 is 12.2 Å². The molecule has 4 N–H and O–H groups in total. The highest BCUT2D eigenvalue weighted by molar-refractivity contribution is 5.68. The SMILES string of the molecule is NC(=O)OC1=C(OC(N)=O)CC1. The zero-order valence-electron chi connectivity index (χ0n) is 6.20. The molecule has 1 aliphatic carbocycles. The molecule has 0 heterocycles. The standard InChI is InChI=1S/C6H8N2O4/c7-5(9)11-3-1-2-4(3)12-6(8)10/h1-2H2,(H2,7,9)(H2,8,10). The van der Waals surface area contributed by atoms with E-state index in [9.17, 15) is 9.59 Å². The summed E-state index contributed by atoms with van der Waals surface area (Å²) in [6.45, 7) is 0. The summed E-state index contributed by atoms with van der Waals surface area (Å²) in [5.74, 6) is 0.558. The minimum Gasteiger partial charge on any atom is -0.411 e. The first-order chi connectivity index (χ1) is 5.59. The van der Waals surface area contributed by atoms with E-state index in [-0.39, 0.29) is 11.5 Å². The number of carbonyl (C=O) groups is 2. The molecule has 12 heavy (non-hydrogen) atoms. The Morgan fingerprint density at radius 2 is 1.33 bits per heavy atom. The molecule has 66 valence electrons. The third-order valence-corrected chi connectivity index (χ3v) is 1.34. The first-order valence-corrected chi connectivity index (χ1v) is 3.26. The van der Waals surface area contributed by atoms with Crippen LogP contribution in [-0.2, 0) is 9.47 Å². The molecule has 6 heteroatoms. The quantitative estimate of drug-likeness (QED) is 0.619. The molecule has 2 amide bonds. The normalized spacial score (nSPS) is 15.0. The van der Waals surface area contributed by atoms with Crippen molar-refractivity contribution in [2.45, 2.75) is 12.8 Å². The van der Waals surface area contributed by atoms with Crippen LogP contribution in [0.15, 0.2) is 11.5 Å². The van der Waals surface area contributed by atoms with Crippen molar-refractivity contribution in [1.29, 1.82) is 0 Å². The first kappa shape index (κ1) is 8.38. The summed E-state index contributed by atoms with van der Waals surface area (Å²) < 4.78 is 8.97. The molecular weight excluding hydrogens is 164 g/mol. The van der Waals surface area contributed by atoms with Crippen molar-refractivity contribution in [3.8, 4) is 0 Å². The Kier molecular flexibility index (Phi) is 2.18. The second-order valence-electron chi connectivity index (χ2n) is 2.19. The van der Waals surface area contributed by atoms with E-state index in [1.165, 1.54) is 0 Å². The van der Waals surface area contributed by atoms with Crippen LogP contribution in [0.2, 0.25) is 0 Å². The minimum atomic E-state index is -0.921. The Labute approximate surface area is 68.1 Å². The van der Waals surface area contributed by atoms with Crippen LogP contribution >= 0.6 is 0 Å². The van der Waals surface area contributed by atoms with Gasteiger partial charge in [0, 0.05) is 12.8 Å². The van der Waals surface area contributed by atoms with Gasteiger partial charge in [-0.05, 0) is 0 Å². The first-order valence-electron chi connectivity index (χ1n) is 3.26. The van der Waals surface area contributed by atoms with Gasteiger partial charge in [-0.2, -0.15) is 0 Å². The summed E-state index contributed by atoms with van der Waals surface area (Å²) in [5, 5.41) is 0. The molecule has 1 aliphatic rings. The van der Waals surface area contributed by atoms with Gasteiger partial charge in [-0.15, -0.1) is 0 Å². The van der Waals surface area contributed by atoms with Gasteiger partial charge in [0.1, 0.15) is 11.5 Å². The molecule has 0 aromatic carbocycles. The predicted molar refractivity (Wildman–Crippen MR) is 37.6 cm³/mol. The zero-order valence-corrected chi connectivity index (χ0v) is 6.20. The molecule has 0 atom stereocenters. The van der Waals surface area contributed by atoms with E-state index >= 15 is 0 Å². The van der Waals surface area contributed by atoms with Crippen molar-refractivity contribution in [2.24, 2.45) is 11.5 Å². The maximum atomic E-state index is 10.2. The lowest BCUT2D eigenvalue weighted by atomic mass is 10.1. The highest BCUT2D eigenvalue weighted by Gasteiger charge is 2.23. The van der Waals surface area contributed by atoms with E-state index in [0.29, 0.717) is 12.8 Å². The fourth-order valence-electron chi connectivity index (χ4n) is 0.788. The zero-order chi connectivity index (χ0) is 9.14. The van der Waals surface area contributed by atoms with Crippen molar-refractivity contribution < 1.29 is 19.1 Å². The van der Waals surface area contributed by atoms with Gasteiger partial charge in [-0.1, -0.05) is 0 Å². The Balaban J connectivity index is 2.53. The summed E-state index contributed by atoms with van der Waals surface area (Å²) in [7, 11) is 0. The summed E-state index contributed by atoms with van der Waals surface area (Å²) in [6.07, 6.45) is -0.776. The van der Waals surface area contributed by atoms with Crippen LogP contribution in [0.3, 0.4) is 0 Å². The van der Waals surface area contributed by atoms with E-state index in [1.807, 2.05) is 0 Å². The molecule has 0 fully saturated rings. The fourth-order valence-corrected chi connectivity index (χ4v) is 0.788. The Morgan fingerprint density at radius 1 is 1.00 bits per heavy atom. The smallest absolute Gasteiger partial charge is 0.409 e. The van der Waals surface area contributed by atoms with Crippen LogP contribution in [0.25, 0.3) is 0 Å². The predicted octanol–water partition coefficient (Wildman–Crippen LogP) is 0.182. The van der Waals surface area contributed by atoms with Crippen molar-refractivity contribution in [1.82, 2.24) is 0 Å². The van der Waals surface area contributed by atoms with Crippen LogP contribution in [0, 0.1) is 0 Å². The van der Waals surface area contributed by atoms with Gasteiger partial charge in [0.05, 0.1) is 0 Å². The summed E-state index contributed by atoms with van der Waals surface area (Å²) in [5.41, 5.74) is 9.46. The molecule has 6 nitrogen and oxygen atoms in total. The number of primary amides is 2. The molecule has 1 rings (SSSR count). The molecule has 0 unspecified atom stereocenters. The third kappa shape index (κ3) is 1.88. The van der Waals surface area contributed by atoms with Crippen molar-refractivity contribution in [2.75, 3.05) is 0 Å². The molecule has 0 aromatic heterocycles. The lowest BCUT2D eigenvalue weighted by Crippen LogP contribution is -2.22. The van der Waals surface area contributed by atoms with Crippen LogP contribution in [0.4, 0.5) is 9.59 Å². The van der Waals surface area contributed by atoms with Crippen molar-refractivity contribution in [3.63, 3.8) is 0 Å². The lowest BCUT2D eigenvalue weighted by Gasteiger charge is -2.19. The number of nitrogens with two attached hydrogens (primary N) is 2. The topological polar surface area (TPSA) is 105 Å². The van der Waals surface area contributed by atoms with Gasteiger partial charge in [-0.25, -0.2) is 9.59 Å². The van der Waals surface area contributed by atoms with Crippen LogP contribution < -0.4 is 11.5 Å². The van der Waals surface area contributed by atoms with Crippen LogP contribution in [0.5, 0.6) is 0 Å². The molecule has 0 aliphatic heterocycles. The number of hydrogen-bond acceptors (Lipinski definition) is 4. The number of hydrogen-bond donors (Lipinski definition) is 2. The highest BCUT2D eigenvalue weighted by Crippen LogP contribution is 2.29. The van der Waals surface area contributed by atoms with Crippen LogP contribution in [0.1, 0.15) is 12.8 Å². The average molecular weight is 172 g/mol. The monoisotopic (exact) mass is 172 g/mol. The van der Waals surface area contributed by atoms with Gasteiger partial charge in [-0.3, -0.25) is 0 Å². The highest BCUT2D eigenvalue weighted by atomic mass is 16.6. The number of rotatable bonds is 2. The van der Waals surface area contributed by atoms with Gasteiger partial charge in [0.15, 0.2) is 0 Å². The summed E-state index contributed by atoms with van der Waals surface area (Å²) >= 11 is 0. The van der Waals surface area contributed by atoms with E-state index < -0.39 is 12.2 Å². The maximum absolute atomic E-state index is 10.2. The number of amides is 2. The number of ether oxygens (including phenoxy) is 2. The van der Waals surface area contributed by atoms with E-state index in [4.69, 9.17) is 11.5 Å². The average Bonchev–Trinajstić information content (AvgIpc) is 1.93. The number of carbonyl (C=O) groups excluding carboxylic acids is 2.